The lowest BCUT2D eigenvalue weighted by Gasteiger charge is -2.43. The Kier molecular flexibility index (Phi) is 4.67. The predicted octanol–water partition coefficient (Wildman–Crippen LogP) is 2.45. The van der Waals surface area contributed by atoms with Crippen molar-refractivity contribution in [3.05, 3.63) is 35.1 Å². The highest BCUT2D eigenvalue weighted by atomic mass is 19.1. The number of likely N-dealkylation sites (tertiary alicyclic amines) is 1. The van der Waals surface area contributed by atoms with E-state index in [1.54, 1.807) is 6.07 Å². The van der Waals surface area contributed by atoms with E-state index in [2.05, 4.69) is 11.0 Å². The first-order valence-electron chi connectivity index (χ1n) is 8.24. The number of nitrogens with zero attached hydrogens (tertiary/aromatic N) is 2. The normalized spacial score (nSPS) is 31.9. The SMILES string of the molecule is C[C@]1(O)CCOC[C@@H]1[C@@H]1CCCN1Cc1cc(C#N)ccc1F. The van der Waals surface area contributed by atoms with Gasteiger partial charge in [0.25, 0.3) is 0 Å². The van der Waals surface area contributed by atoms with Gasteiger partial charge in [0.2, 0.25) is 0 Å². The molecule has 3 rings (SSSR count). The Morgan fingerprint density at radius 2 is 2.35 bits per heavy atom. The van der Waals surface area contributed by atoms with Gasteiger partial charge in [-0.05, 0) is 50.9 Å². The van der Waals surface area contributed by atoms with Gasteiger partial charge in [-0.1, -0.05) is 0 Å². The van der Waals surface area contributed by atoms with E-state index in [0.29, 0.717) is 37.3 Å². The Balaban J connectivity index is 1.78. The van der Waals surface area contributed by atoms with E-state index in [4.69, 9.17) is 10.00 Å². The lowest BCUT2D eigenvalue weighted by Crippen LogP contribution is -2.52. The van der Waals surface area contributed by atoms with Crippen molar-refractivity contribution in [3.8, 4) is 6.07 Å². The molecular formula is C18H23FN2O2. The minimum Gasteiger partial charge on any atom is -0.390 e. The van der Waals surface area contributed by atoms with Crippen LogP contribution in [0.2, 0.25) is 0 Å². The average molecular weight is 318 g/mol. The van der Waals surface area contributed by atoms with Crippen LogP contribution in [0.3, 0.4) is 0 Å². The van der Waals surface area contributed by atoms with Crippen molar-refractivity contribution in [2.75, 3.05) is 19.8 Å². The summed E-state index contributed by atoms with van der Waals surface area (Å²) in [6.45, 7) is 4.38. The molecule has 2 heterocycles. The van der Waals surface area contributed by atoms with Gasteiger partial charge in [-0.2, -0.15) is 5.26 Å². The molecule has 2 aliphatic heterocycles. The second kappa shape index (κ2) is 6.56. The number of aliphatic hydroxyl groups is 1. The van der Waals surface area contributed by atoms with Gasteiger partial charge < -0.3 is 9.84 Å². The third-order valence-corrected chi connectivity index (χ3v) is 5.28. The van der Waals surface area contributed by atoms with Gasteiger partial charge in [-0.25, -0.2) is 4.39 Å². The topological polar surface area (TPSA) is 56.5 Å². The number of nitriles is 1. The molecule has 0 saturated carbocycles. The van der Waals surface area contributed by atoms with E-state index in [-0.39, 0.29) is 17.8 Å². The molecule has 0 aliphatic carbocycles. The molecule has 1 aromatic carbocycles. The molecule has 5 heteroatoms. The molecule has 3 atom stereocenters. The molecule has 1 aromatic rings. The van der Waals surface area contributed by atoms with Gasteiger partial charge in [0.05, 0.1) is 23.8 Å². The molecule has 0 amide bonds. The molecule has 23 heavy (non-hydrogen) atoms. The van der Waals surface area contributed by atoms with Crippen LogP contribution < -0.4 is 0 Å². The molecule has 0 spiro atoms. The maximum absolute atomic E-state index is 14.1. The summed E-state index contributed by atoms with van der Waals surface area (Å²) < 4.78 is 19.7. The van der Waals surface area contributed by atoms with Crippen molar-refractivity contribution >= 4 is 0 Å². The number of halogens is 1. The largest absolute Gasteiger partial charge is 0.390 e. The van der Waals surface area contributed by atoms with E-state index < -0.39 is 5.60 Å². The van der Waals surface area contributed by atoms with Crippen LogP contribution in [0.5, 0.6) is 0 Å². The molecule has 0 radical (unpaired) electrons. The summed E-state index contributed by atoms with van der Waals surface area (Å²) in [5.74, 6) is -0.234. The molecule has 124 valence electrons. The summed E-state index contributed by atoms with van der Waals surface area (Å²) >= 11 is 0. The summed E-state index contributed by atoms with van der Waals surface area (Å²) in [5.41, 5.74) is 0.288. The minimum absolute atomic E-state index is 0.0426. The zero-order chi connectivity index (χ0) is 16.4. The van der Waals surface area contributed by atoms with Crippen LogP contribution in [-0.2, 0) is 11.3 Å². The van der Waals surface area contributed by atoms with Crippen LogP contribution in [0.1, 0.15) is 37.3 Å². The van der Waals surface area contributed by atoms with Crippen LogP contribution in [0.15, 0.2) is 18.2 Å². The van der Waals surface area contributed by atoms with E-state index in [1.165, 1.54) is 12.1 Å². The van der Waals surface area contributed by atoms with Gasteiger partial charge in [-0.15, -0.1) is 0 Å². The Morgan fingerprint density at radius 3 is 3.09 bits per heavy atom. The van der Waals surface area contributed by atoms with Crippen molar-refractivity contribution in [2.24, 2.45) is 5.92 Å². The van der Waals surface area contributed by atoms with Crippen LogP contribution in [0, 0.1) is 23.1 Å². The second-order valence-electron chi connectivity index (χ2n) is 6.89. The fourth-order valence-electron chi connectivity index (χ4n) is 3.87. The van der Waals surface area contributed by atoms with Crippen molar-refractivity contribution in [1.82, 2.24) is 4.90 Å². The highest BCUT2D eigenvalue weighted by Gasteiger charge is 2.44. The van der Waals surface area contributed by atoms with E-state index >= 15 is 0 Å². The first kappa shape index (κ1) is 16.4. The number of hydrogen-bond acceptors (Lipinski definition) is 4. The summed E-state index contributed by atoms with van der Waals surface area (Å²) in [6, 6.07) is 6.74. The smallest absolute Gasteiger partial charge is 0.127 e. The molecule has 1 N–H and O–H groups in total. The summed E-state index contributed by atoms with van der Waals surface area (Å²) in [6.07, 6.45) is 2.67. The summed E-state index contributed by atoms with van der Waals surface area (Å²) in [4.78, 5) is 2.23. The Hall–Kier alpha value is -1.48. The fourth-order valence-corrected chi connectivity index (χ4v) is 3.87. The zero-order valence-electron chi connectivity index (χ0n) is 13.5. The summed E-state index contributed by atoms with van der Waals surface area (Å²) in [7, 11) is 0. The van der Waals surface area contributed by atoms with E-state index in [9.17, 15) is 9.50 Å². The van der Waals surface area contributed by atoms with Gasteiger partial charge >= 0.3 is 0 Å². The van der Waals surface area contributed by atoms with Crippen molar-refractivity contribution < 1.29 is 14.2 Å². The number of rotatable bonds is 3. The quantitative estimate of drug-likeness (QED) is 0.930. The zero-order valence-corrected chi connectivity index (χ0v) is 13.5. The van der Waals surface area contributed by atoms with Crippen LogP contribution >= 0.6 is 0 Å². The first-order chi connectivity index (χ1) is 11.0. The standard InChI is InChI=1S/C18H23FN2O2/c1-18(22)6-8-23-12-15(18)17-3-2-7-21(17)11-14-9-13(10-20)4-5-16(14)19/h4-5,9,15,17,22H,2-3,6-8,11-12H2,1H3/t15-,17+,18+/m1/s1. The Morgan fingerprint density at radius 1 is 1.52 bits per heavy atom. The van der Waals surface area contributed by atoms with Crippen LogP contribution in [0.25, 0.3) is 0 Å². The third-order valence-electron chi connectivity index (χ3n) is 5.28. The average Bonchev–Trinajstić information content (AvgIpc) is 2.97. The highest BCUT2D eigenvalue weighted by Crippen LogP contribution is 2.36. The molecule has 2 saturated heterocycles. The van der Waals surface area contributed by atoms with Crippen molar-refractivity contribution in [1.29, 1.82) is 5.26 Å². The van der Waals surface area contributed by atoms with Crippen LogP contribution in [0.4, 0.5) is 4.39 Å². The fraction of sp³-hybridized carbons (Fsp3) is 0.611. The van der Waals surface area contributed by atoms with Crippen molar-refractivity contribution in [2.45, 2.75) is 44.4 Å². The molecular weight excluding hydrogens is 295 g/mol. The molecule has 2 fully saturated rings. The highest BCUT2D eigenvalue weighted by molar-refractivity contribution is 5.33. The summed E-state index contributed by atoms with van der Waals surface area (Å²) in [5, 5.41) is 19.7. The van der Waals surface area contributed by atoms with Gasteiger partial charge in [0.15, 0.2) is 0 Å². The number of benzene rings is 1. The number of hydrogen-bond donors (Lipinski definition) is 1. The molecule has 4 nitrogen and oxygen atoms in total. The lowest BCUT2D eigenvalue weighted by atomic mass is 9.79. The van der Waals surface area contributed by atoms with Crippen LogP contribution in [-0.4, -0.2) is 41.4 Å². The molecule has 2 aliphatic rings. The Bertz CT molecular complexity index is 612. The van der Waals surface area contributed by atoms with Gasteiger partial charge in [0.1, 0.15) is 5.82 Å². The van der Waals surface area contributed by atoms with Gasteiger partial charge in [0, 0.05) is 30.7 Å². The first-order valence-corrected chi connectivity index (χ1v) is 8.24. The molecule has 0 unspecified atom stereocenters. The maximum Gasteiger partial charge on any atom is 0.127 e. The van der Waals surface area contributed by atoms with Gasteiger partial charge in [-0.3, -0.25) is 4.90 Å². The molecule has 0 aromatic heterocycles. The Labute approximate surface area is 136 Å². The predicted molar refractivity (Wildman–Crippen MR) is 84.1 cm³/mol. The minimum atomic E-state index is -0.738. The number of ether oxygens (including phenoxy) is 1. The van der Waals surface area contributed by atoms with E-state index in [0.717, 1.165) is 19.4 Å². The van der Waals surface area contributed by atoms with E-state index in [1.807, 2.05) is 6.92 Å². The molecule has 0 bridgehead atoms. The second-order valence-corrected chi connectivity index (χ2v) is 6.89. The third kappa shape index (κ3) is 3.40. The lowest BCUT2D eigenvalue weighted by molar-refractivity contribution is -0.123. The monoisotopic (exact) mass is 318 g/mol. The maximum atomic E-state index is 14.1. The van der Waals surface area contributed by atoms with Crippen molar-refractivity contribution in [3.63, 3.8) is 0 Å².